The van der Waals surface area contributed by atoms with Gasteiger partial charge in [-0.1, -0.05) is 18.2 Å². The first kappa shape index (κ1) is 18.0. The van der Waals surface area contributed by atoms with Crippen LogP contribution < -0.4 is 16.1 Å². The van der Waals surface area contributed by atoms with Gasteiger partial charge in [-0.3, -0.25) is 14.2 Å². The van der Waals surface area contributed by atoms with Crippen LogP contribution >= 0.6 is 0 Å². The first-order valence-electron chi connectivity index (χ1n) is 8.77. The molecule has 0 saturated carbocycles. The van der Waals surface area contributed by atoms with Gasteiger partial charge >= 0.3 is 5.69 Å². The molecule has 3 rings (SSSR count). The van der Waals surface area contributed by atoms with Crippen molar-refractivity contribution in [3.8, 4) is 0 Å². The van der Waals surface area contributed by atoms with Crippen molar-refractivity contribution in [3.63, 3.8) is 0 Å². The van der Waals surface area contributed by atoms with Crippen LogP contribution in [0.3, 0.4) is 0 Å². The van der Waals surface area contributed by atoms with Crippen molar-refractivity contribution in [1.29, 1.82) is 0 Å². The van der Waals surface area contributed by atoms with Gasteiger partial charge in [-0.2, -0.15) is 0 Å². The SMILES string of the molecule is CN(CC1CCN(c2ccccc2)C1)C(=O)Cc1c[nH]c(=O)n(C)c1=O. The van der Waals surface area contributed by atoms with Gasteiger partial charge in [0.2, 0.25) is 5.91 Å². The molecule has 1 N–H and O–H groups in total. The number of H-pyrrole nitrogens is 1. The Kier molecular flexibility index (Phi) is 5.25. The molecule has 2 heterocycles. The number of hydrogen-bond acceptors (Lipinski definition) is 4. The largest absolute Gasteiger partial charge is 0.371 e. The topological polar surface area (TPSA) is 78.4 Å². The Bertz CT molecular complexity index is 888. The van der Waals surface area contributed by atoms with E-state index in [0.29, 0.717) is 18.0 Å². The minimum atomic E-state index is -0.480. The van der Waals surface area contributed by atoms with Crippen LogP contribution in [0.4, 0.5) is 5.69 Å². The summed E-state index contributed by atoms with van der Waals surface area (Å²) in [6.07, 6.45) is 2.37. The molecule has 1 saturated heterocycles. The summed E-state index contributed by atoms with van der Waals surface area (Å²) in [5.41, 5.74) is 0.611. The molecule has 138 valence electrons. The number of amides is 1. The van der Waals surface area contributed by atoms with Crippen LogP contribution in [0.1, 0.15) is 12.0 Å². The molecule has 0 aliphatic carbocycles. The maximum absolute atomic E-state index is 12.5. The fourth-order valence-corrected chi connectivity index (χ4v) is 3.38. The van der Waals surface area contributed by atoms with Crippen LogP contribution in [-0.4, -0.2) is 47.0 Å². The molecule has 1 aromatic heterocycles. The number of nitrogens with zero attached hydrogens (tertiary/aromatic N) is 3. The van der Waals surface area contributed by atoms with Gasteiger partial charge in [-0.05, 0) is 24.5 Å². The number of likely N-dealkylation sites (N-methyl/N-ethyl adjacent to an activating group) is 1. The number of carbonyl (C=O) groups is 1. The number of nitrogens with one attached hydrogen (secondary N) is 1. The zero-order chi connectivity index (χ0) is 18.7. The molecular weight excluding hydrogens is 332 g/mol. The van der Waals surface area contributed by atoms with E-state index in [2.05, 4.69) is 22.0 Å². The Morgan fingerprint density at radius 3 is 2.73 bits per heavy atom. The molecular formula is C19H24N4O3. The summed E-state index contributed by atoms with van der Waals surface area (Å²) in [6.45, 7) is 2.56. The van der Waals surface area contributed by atoms with Gasteiger partial charge < -0.3 is 14.8 Å². The number of hydrogen-bond donors (Lipinski definition) is 1. The molecule has 1 aromatic carbocycles. The van der Waals surface area contributed by atoms with Gasteiger partial charge in [-0.15, -0.1) is 0 Å². The molecule has 1 fully saturated rings. The van der Waals surface area contributed by atoms with Crippen LogP contribution in [0.2, 0.25) is 0 Å². The van der Waals surface area contributed by atoms with Crippen LogP contribution in [0.5, 0.6) is 0 Å². The van der Waals surface area contributed by atoms with Crippen LogP contribution in [0.15, 0.2) is 46.1 Å². The van der Waals surface area contributed by atoms with Gasteiger partial charge in [0, 0.05) is 51.2 Å². The third-order valence-corrected chi connectivity index (χ3v) is 4.96. The standard InChI is InChI=1S/C19H24N4O3/c1-21(17(24)10-15-11-20-19(26)22(2)18(15)25)12-14-8-9-23(13-14)16-6-4-3-5-7-16/h3-7,11,14H,8-10,12-13H2,1-2H3,(H,20,26). The first-order chi connectivity index (χ1) is 12.5. The number of carbonyl (C=O) groups excluding carboxylic acids is 1. The summed E-state index contributed by atoms with van der Waals surface area (Å²) < 4.78 is 0.983. The fraction of sp³-hybridized carbons (Fsp3) is 0.421. The van der Waals surface area contributed by atoms with Crippen LogP contribution in [0.25, 0.3) is 0 Å². The number of benzene rings is 1. The molecule has 1 atom stereocenters. The second kappa shape index (κ2) is 7.59. The normalized spacial score (nSPS) is 16.7. The van der Waals surface area contributed by atoms with Crippen molar-refractivity contribution in [2.24, 2.45) is 13.0 Å². The average Bonchev–Trinajstić information content (AvgIpc) is 3.11. The summed E-state index contributed by atoms with van der Waals surface area (Å²) in [5, 5.41) is 0. The summed E-state index contributed by atoms with van der Waals surface area (Å²) in [6, 6.07) is 10.3. The lowest BCUT2D eigenvalue weighted by atomic mass is 10.1. The van der Waals surface area contributed by atoms with Crippen molar-refractivity contribution in [1.82, 2.24) is 14.5 Å². The molecule has 0 radical (unpaired) electrons. The highest BCUT2D eigenvalue weighted by Gasteiger charge is 2.25. The Labute approximate surface area is 151 Å². The van der Waals surface area contributed by atoms with Gasteiger partial charge in [-0.25, -0.2) is 4.79 Å². The number of rotatable bonds is 5. The summed E-state index contributed by atoms with van der Waals surface area (Å²) >= 11 is 0. The minimum Gasteiger partial charge on any atom is -0.371 e. The minimum absolute atomic E-state index is 0.00489. The first-order valence-corrected chi connectivity index (χ1v) is 8.77. The van der Waals surface area contributed by atoms with Gasteiger partial charge in [0.1, 0.15) is 0 Å². The van der Waals surface area contributed by atoms with E-state index in [4.69, 9.17) is 0 Å². The number of aromatic nitrogens is 2. The van der Waals surface area contributed by atoms with Crippen LogP contribution in [-0.2, 0) is 18.3 Å². The molecule has 2 aromatic rings. The molecule has 1 aliphatic heterocycles. The summed E-state index contributed by atoms with van der Waals surface area (Å²) in [7, 11) is 3.17. The van der Waals surface area contributed by atoms with Gasteiger partial charge in [0.05, 0.1) is 6.42 Å². The van der Waals surface area contributed by atoms with Crippen molar-refractivity contribution < 1.29 is 4.79 Å². The second-order valence-electron chi connectivity index (χ2n) is 6.87. The maximum Gasteiger partial charge on any atom is 0.328 e. The van der Waals surface area contributed by atoms with Crippen molar-refractivity contribution in [3.05, 3.63) is 62.9 Å². The highest BCUT2D eigenvalue weighted by atomic mass is 16.2. The number of aromatic amines is 1. The van der Waals surface area contributed by atoms with Crippen molar-refractivity contribution in [2.45, 2.75) is 12.8 Å². The Morgan fingerprint density at radius 2 is 2.00 bits per heavy atom. The molecule has 1 amide bonds. The van der Waals surface area contributed by atoms with Crippen LogP contribution in [0, 0.1) is 5.92 Å². The molecule has 0 spiro atoms. The molecule has 1 unspecified atom stereocenters. The monoisotopic (exact) mass is 356 g/mol. The van der Waals surface area contributed by atoms with E-state index in [1.807, 2.05) is 18.2 Å². The van der Waals surface area contributed by atoms with E-state index in [1.54, 1.807) is 11.9 Å². The zero-order valence-electron chi connectivity index (χ0n) is 15.1. The Morgan fingerprint density at radius 1 is 1.27 bits per heavy atom. The summed E-state index contributed by atoms with van der Waals surface area (Å²) in [5.74, 6) is 0.287. The predicted octanol–water partition coefficient (Wildman–Crippen LogP) is 0.601. The van der Waals surface area contributed by atoms with Gasteiger partial charge in [0.25, 0.3) is 5.56 Å². The van der Waals surface area contributed by atoms with E-state index in [9.17, 15) is 14.4 Å². The number of anilines is 1. The second-order valence-corrected chi connectivity index (χ2v) is 6.87. The molecule has 0 bridgehead atoms. The van der Waals surface area contributed by atoms with Gasteiger partial charge in [0.15, 0.2) is 0 Å². The van der Waals surface area contributed by atoms with Crippen molar-refractivity contribution >= 4 is 11.6 Å². The third-order valence-electron chi connectivity index (χ3n) is 4.96. The molecule has 7 nitrogen and oxygen atoms in total. The molecule has 26 heavy (non-hydrogen) atoms. The Hall–Kier alpha value is -2.83. The lowest BCUT2D eigenvalue weighted by Crippen LogP contribution is -2.38. The predicted molar refractivity (Wildman–Crippen MR) is 100 cm³/mol. The zero-order valence-corrected chi connectivity index (χ0v) is 15.1. The summed E-state index contributed by atoms with van der Waals surface area (Å²) in [4.78, 5) is 42.4. The molecule has 7 heteroatoms. The van der Waals surface area contributed by atoms with E-state index in [0.717, 1.165) is 24.1 Å². The lowest BCUT2D eigenvalue weighted by Gasteiger charge is -2.22. The average molecular weight is 356 g/mol. The number of para-hydroxylation sites is 1. The van der Waals surface area contributed by atoms with E-state index in [1.165, 1.54) is 18.9 Å². The lowest BCUT2D eigenvalue weighted by molar-refractivity contribution is -0.129. The maximum atomic E-state index is 12.5. The fourth-order valence-electron chi connectivity index (χ4n) is 3.38. The Balaban J connectivity index is 1.58. The molecule has 1 aliphatic rings. The smallest absolute Gasteiger partial charge is 0.328 e. The van der Waals surface area contributed by atoms with E-state index >= 15 is 0 Å². The van der Waals surface area contributed by atoms with Crippen molar-refractivity contribution in [2.75, 3.05) is 31.6 Å². The quantitative estimate of drug-likeness (QED) is 0.851. The highest BCUT2D eigenvalue weighted by Crippen LogP contribution is 2.23. The van der Waals surface area contributed by atoms with E-state index in [-0.39, 0.29) is 12.3 Å². The third kappa shape index (κ3) is 3.87. The highest BCUT2D eigenvalue weighted by molar-refractivity contribution is 5.78. The van der Waals surface area contributed by atoms with E-state index < -0.39 is 11.2 Å².